The highest BCUT2D eigenvalue weighted by molar-refractivity contribution is 9.10. The number of ether oxygens (including phenoxy) is 2. The van der Waals surface area contributed by atoms with Gasteiger partial charge in [-0.25, -0.2) is 4.39 Å². The van der Waals surface area contributed by atoms with Crippen LogP contribution in [0, 0.1) is 12.7 Å². The predicted molar refractivity (Wildman–Crippen MR) is 110 cm³/mol. The van der Waals surface area contributed by atoms with E-state index in [9.17, 15) is 4.39 Å². The molecule has 27 heavy (non-hydrogen) atoms. The molecule has 0 aliphatic rings. The monoisotopic (exact) mass is 429 g/mol. The molecule has 0 bridgehead atoms. The van der Waals surface area contributed by atoms with Gasteiger partial charge in [0.15, 0.2) is 11.5 Å². The zero-order chi connectivity index (χ0) is 19.2. The van der Waals surface area contributed by atoms with Gasteiger partial charge in [-0.15, -0.1) is 0 Å². The summed E-state index contributed by atoms with van der Waals surface area (Å²) in [6.07, 6.45) is 0. The van der Waals surface area contributed by atoms with Crippen LogP contribution >= 0.6 is 15.9 Å². The third kappa shape index (κ3) is 5.23. The third-order valence-corrected chi connectivity index (χ3v) is 4.91. The van der Waals surface area contributed by atoms with Crippen molar-refractivity contribution in [2.24, 2.45) is 0 Å². The van der Waals surface area contributed by atoms with E-state index >= 15 is 0 Å². The number of nitrogens with one attached hydrogen (secondary N) is 1. The summed E-state index contributed by atoms with van der Waals surface area (Å²) in [4.78, 5) is 0. The maximum Gasteiger partial charge on any atom is 0.162 e. The van der Waals surface area contributed by atoms with Crippen molar-refractivity contribution in [3.05, 3.63) is 87.6 Å². The smallest absolute Gasteiger partial charge is 0.162 e. The number of hydrogen-bond donors (Lipinski definition) is 1. The van der Waals surface area contributed by atoms with E-state index in [0.29, 0.717) is 24.7 Å². The van der Waals surface area contributed by atoms with E-state index in [1.807, 2.05) is 12.1 Å². The van der Waals surface area contributed by atoms with Gasteiger partial charge >= 0.3 is 0 Å². The van der Waals surface area contributed by atoms with Gasteiger partial charge in [-0.2, -0.15) is 0 Å². The molecule has 0 amide bonds. The Bertz CT molecular complexity index is 895. The summed E-state index contributed by atoms with van der Waals surface area (Å²) in [6, 6.07) is 18.4. The van der Waals surface area contributed by atoms with Crippen LogP contribution in [0.5, 0.6) is 11.5 Å². The number of halogens is 2. The number of methoxy groups -OCH3 is 1. The zero-order valence-corrected chi connectivity index (χ0v) is 16.8. The Morgan fingerprint density at radius 2 is 1.67 bits per heavy atom. The average molecular weight is 430 g/mol. The van der Waals surface area contributed by atoms with Crippen molar-refractivity contribution in [2.45, 2.75) is 20.1 Å². The largest absolute Gasteiger partial charge is 0.493 e. The Morgan fingerprint density at radius 1 is 0.963 bits per heavy atom. The van der Waals surface area contributed by atoms with Gasteiger partial charge in [0.25, 0.3) is 0 Å². The molecule has 0 spiro atoms. The highest BCUT2D eigenvalue weighted by Gasteiger charge is 2.11. The van der Waals surface area contributed by atoms with Gasteiger partial charge in [0.05, 0.1) is 7.11 Å². The van der Waals surface area contributed by atoms with Gasteiger partial charge in [0.2, 0.25) is 0 Å². The van der Waals surface area contributed by atoms with Crippen LogP contribution in [0.15, 0.2) is 65.1 Å². The fourth-order valence-electron chi connectivity index (χ4n) is 2.60. The first-order chi connectivity index (χ1) is 13.0. The van der Waals surface area contributed by atoms with Gasteiger partial charge in [-0.1, -0.05) is 45.8 Å². The van der Waals surface area contributed by atoms with Crippen molar-refractivity contribution >= 4 is 21.6 Å². The second-order valence-corrected chi connectivity index (χ2v) is 7.08. The van der Waals surface area contributed by atoms with E-state index in [1.165, 1.54) is 17.7 Å². The minimum atomic E-state index is -0.251. The molecule has 0 aliphatic heterocycles. The Hall–Kier alpha value is -2.53. The van der Waals surface area contributed by atoms with Crippen molar-refractivity contribution < 1.29 is 13.9 Å². The third-order valence-electron chi connectivity index (χ3n) is 4.17. The lowest BCUT2D eigenvalue weighted by Crippen LogP contribution is -2.03. The van der Waals surface area contributed by atoms with Crippen LogP contribution in [0.25, 0.3) is 0 Å². The summed E-state index contributed by atoms with van der Waals surface area (Å²) >= 11 is 3.60. The lowest BCUT2D eigenvalue weighted by atomic mass is 10.1. The van der Waals surface area contributed by atoms with Crippen LogP contribution in [0.4, 0.5) is 10.1 Å². The van der Waals surface area contributed by atoms with Crippen molar-refractivity contribution in [3.8, 4) is 11.5 Å². The molecule has 3 aromatic carbocycles. The van der Waals surface area contributed by atoms with Gasteiger partial charge in [0.1, 0.15) is 12.4 Å². The Balaban J connectivity index is 1.70. The highest BCUT2D eigenvalue weighted by Crippen LogP contribution is 2.34. The molecule has 3 nitrogen and oxygen atoms in total. The van der Waals surface area contributed by atoms with E-state index in [4.69, 9.17) is 9.47 Å². The van der Waals surface area contributed by atoms with Gasteiger partial charge in [-0.05, 0) is 54.4 Å². The first-order valence-corrected chi connectivity index (χ1v) is 9.38. The van der Waals surface area contributed by atoms with Gasteiger partial charge < -0.3 is 14.8 Å². The number of anilines is 1. The molecule has 0 aliphatic carbocycles. The van der Waals surface area contributed by atoms with Crippen molar-refractivity contribution in [1.82, 2.24) is 0 Å². The number of benzene rings is 3. The second kappa shape index (κ2) is 8.91. The molecule has 0 saturated carbocycles. The Kier molecular flexibility index (Phi) is 6.35. The summed E-state index contributed by atoms with van der Waals surface area (Å²) in [5, 5.41) is 3.27. The van der Waals surface area contributed by atoms with Crippen LogP contribution < -0.4 is 14.8 Å². The molecule has 0 saturated heterocycles. The summed E-state index contributed by atoms with van der Waals surface area (Å²) in [7, 11) is 1.62. The van der Waals surface area contributed by atoms with Gasteiger partial charge in [-0.3, -0.25) is 0 Å². The molecule has 0 fully saturated rings. The predicted octanol–water partition coefficient (Wildman–Crippen LogP) is 6.10. The van der Waals surface area contributed by atoms with E-state index in [0.717, 1.165) is 21.3 Å². The first kappa shape index (κ1) is 19.2. The molecule has 0 radical (unpaired) electrons. The van der Waals surface area contributed by atoms with E-state index < -0.39 is 0 Å². The Labute approximate surface area is 167 Å². The van der Waals surface area contributed by atoms with E-state index in [1.54, 1.807) is 19.2 Å². The molecule has 5 heteroatoms. The summed E-state index contributed by atoms with van der Waals surface area (Å²) < 4.78 is 25.4. The van der Waals surface area contributed by atoms with Crippen LogP contribution in [0.3, 0.4) is 0 Å². The molecule has 3 aromatic rings. The molecular weight excluding hydrogens is 409 g/mol. The Morgan fingerprint density at radius 3 is 2.33 bits per heavy atom. The standard InChI is InChI=1S/C22H21BrFNO2/c1-15-3-5-16(6-4-15)14-27-22-12-20(23)17(11-21(22)26-2)13-25-19-9-7-18(24)8-10-19/h3-12,25H,13-14H2,1-2H3. The quantitative estimate of drug-likeness (QED) is 0.492. The maximum absolute atomic E-state index is 13.0. The summed E-state index contributed by atoms with van der Waals surface area (Å²) in [5.41, 5.74) is 4.18. The lowest BCUT2D eigenvalue weighted by Gasteiger charge is -2.15. The van der Waals surface area contributed by atoms with Crippen LogP contribution in [0.2, 0.25) is 0 Å². The van der Waals surface area contributed by atoms with Crippen molar-refractivity contribution in [1.29, 1.82) is 0 Å². The van der Waals surface area contributed by atoms with Crippen LogP contribution in [-0.2, 0) is 13.2 Å². The van der Waals surface area contributed by atoms with E-state index in [-0.39, 0.29) is 5.82 Å². The first-order valence-electron chi connectivity index (χ1n) is 8.59. The number of aryl methyl sites for hydroxylation is 1. The van der Waals surface area contributed by atoms with E-state index in [2.05, 4.69) is 52.4 Å². The maximum atomic E-state index is 13.0. The average Bonchev–Trinajstić information content (AvgIpc) is 2.68. The topological polar surface area (TPSA) is 30.5 Å². The second-order valence-electron chi connectivity index (χ2n) is 6.23. The number of hydrogen-bond acceptors (Lipinski definition) is 3. The van der Waals surface area contributed by atoms with Crippen molar-refractivity contribution in [3.63, 3.8) is 0 Å². The lowest BCUT2D eigenvalue weighted by molar-refractivity contribution is 0.284. The molecule has 0 atom stereocenters. The summed E-state index contributed by atoms with van der Waals surface area (Å²) in [5.74, 6) is 1.09. The van der Waals surface area contributed by atoms with Gasteiger partial charge in [0, 0.05) is 16.7 Å². The molecule has 140 valence electrons. The minimum absolute atomic E-state index is 0.251. The molecule has 0 unspecified atom stereocenters. The summed E-state index contributed by atoms with van der Waals surface area (Å²) in [6.45, 7) is 3.10. The molecular formula is C22H21BrFNO2. The van der Waals surface area contributed by atoms with Crippen LogP contribution in [0.1, 0.15) is 16.7 Å². The fraction of sp³-hybridized carbons (Fsp3) is 0.182. The molecule has 3 rings (SSSR count). The highest BCUT2D eigenvalue weighted by atomic mass is 79.9. The molecule has 0 heterocycles. The van der Waals surface area contributed by atoms with Crippen LogP contribution in [-0.4, -0.2) is 7.11 Å². The van der Waals surface area contributed by atoms with Crippen molar-refractivity contribution in [2.75, 3.05) is 12.4 Å². The SMILES string of the molecule is COc1cc(CNc2ccc(F)cc2)c(Br)cc1OCc1ccc(C)cc1. The minimum Gasteiger partial charge on any atom is -0.493 e. The molecule has 1 N–H and O–H groups in total. The molecule has 0 aromatic heterocycles. The fourth-order valence-corrected chi connectivity index (χ4v) is 3.06. The zero-order valence-electron chi connectivity index (χ0n) is 15.3. The normalized spacial score (nSPS) is 10.5. The number of rotatable bonds is 7.